The Hall–Kier alpha value is -1.83. The predicted molar refractivity (Wildman–Crippen MR) is 66.6 cm³/mol. The Morgan fingerprint density at radius 2 is 2.06 bits per heavy atom. The number of allylic oxidation sites excluding steroid dienone is 1. The number of benzene rings is 1. The zero-order valence-electron chi connectivity index (χ0n) is 8.61. The van der Waals surface area contributed by atoms with Crippen molar-refractivity contribution in [3.05, 3.63) is 41.9 Å². The van der Waals surface area contributed by atoms with Crippen molar-refractivity contribution >= 4 is 34.0 Å². The molecule has 0 amide bonds. The zero-order valence-corrected chi connectivity index (χ0v) is 9.36. The highest BCUT2D eigenvalue weighted by Gasteiger charge is 2.24. The standard InChI is InChI=1S/C12H8ClN3/c1-8-6-7-16-10-5-3-2-4-9(10)15-11(13)12(16)14-8/h2-5,7H,1H3. The van der Waals surface area contributed by atoms with Crippen LogP contribution in [0.2, 0.25) is 0 Å². The van der Waals surface area contributed by atoms with E-state index in [0.717, 1.165) is 17.1 Å². The second-order valence-corrected chi connectivity index (χ2v) is 3.91. The molecule has 0 N–H and O–H groups in total. The maximum atomic E-state index is 6.10. The van der Waals surface area contributed by atoms with Gasteiger partial charge in [-0.3, -0.25) is 4.90 Å². The summed E-state index contributed by atoms with van der Waals surface area (Å²) in [6, 6.07) is 7.80. The highest BCUT2D eigenvalue weighted by Crippen LogP contribution is 2.34. The van der Waals surface area contributed by atoms with E-state index in [-0.39, 0.29) is 0 Å². The van der Waals surface area contributed by atoms with Gasteiger partial charge in [0, 0.05) is 0 Å². The molecule has 0 aliphatic carbocycles. The van der Waals surface area contributed by atoms with Crippen LogP contribution in [0.25, 0.3) is 0 Å². The summed E-state index contributed by atoms with van der Waals surface area (Å²) in [4.78, 5) is 10.6. The van der Waals surface area contributed by atoms with Crippen LogP contribution >= 0.6 is 11.6 Å². The summed E-state index contributed by atoms with van der Waals surface area (Å²) in [7, 11) is 0. The number of hydrogen-bond acceptors (Lipinski definition) is 3. The number of anilines is 1. The fourth-order valence-corrected chi connectivity index (χ4v) is 1.94. The molecule has 2 aliphatic rings. The number of rotatable bonds is 0. The number of nitrogens with zero attached hydrogens (tertiary/aromatic N) is 3. The first-order chi connectivity index (χ1) is 7.75. The van der Waals surface area contributed by atoms with Gasteiger partial charge in [-0.05, 0) is 19.1 Å². The van der Waals surface area contributed by atoms with Gasteiger partial charge in [-0.2, -0.15) is 0 Å². The van der Waals surface area contributed by atoms with Crippen molar-refractivity contribution in [1.82, 2.24) is 0 Å². The third-order valence-corrected chi connectivity index (χ3v) is 2.70. The molecule has 4 heteroatoms. The molecule has 2 heterocycles. The minimum Gasteiger partial charge on any atom is -0.290 e. The van der Waals surface area contributed by atoms with Crippen molar-refractivity contribution in [3.8, 4) is 0 Å². The van der Waals surface area contributed by atoms with Crippen molar-refractivity contribution < 1.29 is 0 Å². The normalized spacial score (nSPS) is 17.1. The van der Waals surface area contributed by atoms with Crippen LogP contribution < -0.4 is 4.90 Å². The monoisotopic (exact) mass is 229 g/mol. The maximum Gasteiger partial charge on any atom is 0.176 e. The minimum absolute atomic E-state index is 0.413. The summed E-state index contributed by atoms with van der Waals surface area (Å²) in [6.07, 6.45) is 1.84. The topological polar surface area (TPSA) is 28.0 Å². The summed E-state index contributed by atoms with van der Waals surface area (Å²) < 4.78 is 0. The van der Waals surface area contributed by atoms with Gasteiger partial charge >= 0.3 is 0 Å². The number of aliphatic imine (C=N–C) groups is 2. The molecule has 0 radical (unpaired) electrons. The smallest absolute Gasteiger partial charge is 0.176 e. The van der Waals surface area contributed by atoms with E-state index >= 15 is 0 Å². The van der Waals surface area contributed by atoms with Gasteiger partial charge in [-0.1, -0.05) is 29.5 Å². The Labute approximate surface area is 98.1 Å². The first kappa shape index (κ1) is 9.40. The number of halogens is 1. The Bertz CT molecular complexity index is 592. The van der Waals surface area contributed by atoms with Crippen LogP contribution in [0.4, 0.5) is 11.4 Å². The van der Waals surface area contributed by atoms with Gasteiger partial charge < -0.3 is 0 Å². The first-order valence-corrected chi connectivity index (χ1v) is 5.28. The van der Waals surface area contributed by atoms with Crippen LogP contribution in [-0.2, 0) is 0 Å². The summed E-state index contributed by atoms with van der Waals surface area (Å²) in [6.45, 7) is 1.88. The Morgan fingerprint density at radius 1 is 1.25 bits per heavy atom. The van der Waals surface area contributed by atoms with Gasteiger partial charge in [0.15, 0.2) is 11.0 Å². The van der Waals surface area contributed by atoms with Crippen LogP contribution in [0.3, 0.4) is 0 Å². The first-order valence-electron chi connectivity index (χ1n) is 4.90. The third kappa shape index (κ3) is 1.30. The SMILES string of the molecule is CC1=C=CN2C(=N1)C(Cl)=Nc1ccccc12. The lowest BCUT2D eigenvalue weighted by Crippen LogP contribution is -2.33. The molecular formula is C12H8ClN3. The van der Waals surface area contributed by atoms with Gasteiger partial charge in [-0.15, -0.1) is 0 Å². The molecule has 0 unspecified atom stereocenters. The average molecular weight is 230 g/mol. The number of amidine groups is 1. The molecule has 3 rings (SSSR count). The van der Waals surface area contributed by atoms with Gasteiger partial charge in [-0.25, -0.2) is 9.98 Å². The molecule has 78 valence electrons. The fraction of sp³-hybridized carbons (Fsp3) is 0.0833. The van der Waals surface area contributed by atoms with E-state index in [2.05, 4.69) is 15.7 Å². The maximum absolute atomic E-state index is 6.10. The van der Waals surface area contributed by atoms with E-state index in [1.165, 1.54) is 0 Å². The summed E-state index contributed by atoms with van der Waals surface area (Å²) in [5.74, 6) is 0.664. The van der Waals surface area contributed by atoms with Gasteiger partial charge in [0.05, 0.1) is 23.3 Å². The zero-order chi connectivity index (χ0) is 11.1. The van der Waals surface area contributed by atoms with Crippen molar-refractivity contribution in [3.63, 3.8) is 0 Å². The summed E-state index contributed by atoms with van der Waals surface area (Å²) in [5.41, 5.74) is 5.69. The van der Waals surface area contributed by atoms with E-state index in [1.807, 2.05) is 42.3 Å². The second-order valence-electron chi connectivity index (χ2n) is 3.56. The van der Waals surface area contributed by atoms with E-state index in [0.29, 0.717) is 11.0 Å². The molecule has 3 nitrogen and oxygen atoms in total. The van der Waals surface area contributed by atoms with E-state index in [9.17, 15) is 0 Å². The van der Waals surface area contributed by atoms with Crippen molar-refractivity contribution in [2.24, 2.45) is 9.98 Å². The van der Waals surface area contributed by atoms with E-state index < -0.39 is 0 Å². The van der Waals surface area contributed by atoms with Crippen LogP contribution in [-0.4, -0.2) is 11.0 Å². The molecule has 0 aromatic heterocycles. The lowest BCUT2D eigenvalue weighted by Gasteiger charge is -2.27. The minimum atomic E-state index is 0.413. The predicted octanol–water partition coefficient (Wildman–Crippen LogP) is 3.20. The highest BCUT2D eigenvalue weighted by atomic mass is 35.5. The van der Waals surface area contributed by atoms with E-state index in [1.54, 1.807) is 0 Å². The van der Waals surface area contributed by atoms with E-state index in [4.69, 9.17) is 11.6 Å². The van der Waals surface area contributed by atoms with Crippen molar-refractivity contribution in [1.29, 1.82) is 0 Å². The molecule has 1 aromatic rings. The van der Waals surface area contributed by atoms with Crippen LogP contribution in [0.1, 0.15) is 6.92 Å². The van der Waals surface area contributed by atoms with Crippen LogP contribution in [0.5, 0.6) is 0 Å². The molecule has 0 saturated heterocycles. The average Bonchev–Trinajstić information content (AvgIpc) is 2.29. The third-order valence-electron chi connectivity index (χ3n) is 2.45. The summed E-state index contributed by atoms with van der Waals surface area (Å²) >= 11 is 6.10. The molecular weight excluding hydrogens is 222 g/mol. The quantitative estimate of drug-likeness (QED) is 0.628. The largest absolute Gasteiger partial charge is 0.290 e. The fourth-order valence-electron chi connectivity index (χ4n) is 1.71. The molecule has 0 atom stereocenters. The van der Waals surface area contributed by atoms with Crippen molar-refractivity contribution in [2.45, 2.75) is 6.92 Å². The number of hydrogen-bond donors (Lipinski definition) is 0. The number of para-hydroxylation sites is 2. The highest BCUT2D eigenvalue weighted by molar-refractivity contribution is 6.85. The Morgan fingerprint density at radius 3 is 2.94 bits per heavy atom. The molecule has 0 spiro atoms. The second kappa shape index (κ2) is 3.34. The van der Waals surface area contributed by atoms with Gasteiger partial charge in [0.25, 0.3) is 0 Å². The van der Waals surface area contributed by atoms with Gasteiger partial charge in [0.1, 0.15) is 0 Å². The molecule has 1 aromatic carbocycles. The lowest BCUT2D eigenvalue weighted by molar-refractivity contribution is 1.21. The van der Waals surface area contributed by atoms with Crippen LogP contribution in [0, 0.1) is 0 Å². The van der Waals surface area contributed by atoms with Gasteiger partial charge in [0.2, 0.25) is 0 Å². The molecule has 0 saturated carbocycles. The molecule has 0 bridgehead atoms. The molecule has 16 heavy (non-hydrogen) atoms. The molecule has 2 aliphatic heterocycles. The van der Waals surface area contributed by atoms with Crippen LogP contribution in [0.15, 0.2) is 51.9 Å². The Balaban J connectivity index is 2.27. The summed E-state index contributed by atoms with van der Waals surface area (Å²) in [5, 5.41) is 0.413. The number of fused-ring (bicyclic) bond motifs is 3. The Kier molecular flexibility index (Phi) is 1.96. The molecule has 0 fully saturated rings. The van der Waals surface area contributed by atoms with Crippen molar-refractivity contribution in [2.75, 3.05) is 4.90 Å². The lowest BCUT2D eigenvalue weighted by atomic mass is 10.2.